The lowest BCUT2D eigenvalue weighted by molar-refractivity contribution is -0.134. The minimum atomic E-state index is -1.06. The zero-order chi connectivity index (χ0) is 41.8. The van der Waals surface area contributed by atoms with Gasteiger partial charge in [-0.2, -0.15) is 11.8 Å². The SMILES string of the molecule is COC(=O)N[C@H](C(=O)N1C[C@@H](SC)C[C@H]1c1ncc(-c2ccc(-c3ccc(-c4cnc([C@@H]5C[C@H](S(C)=O)CN5C(=O)Cc5ccccc5)[nH]4)cc3)cc2)[nH]1)c1ccccc1. The number of H-pyrrole nitrogens is 2. The van der Waals surface area contributed by atoms with Crippen LogP contribution in [0.5, 0.6) is 0 Å². The van der Waals surface area contributed by atoms with Gasteiger partial charge in [-0.25, -0.2) is 14.8 Å². The highest BCUT2D eigenvalue weighted by molar-refractivity contribution is 7.99. The molecule has 0 spiro atoms. The maximum Gasteiger partial charge on any atom is 0.407 e. The Hall–Kier alpha value is -5.99. The van der Waals surface area contributed by atoms with Crippen LogP contribution in [0.3, 0.4) is 0 Å². The number of hydrogen-bond acceptors (Lipinski definition) is 8. The van der Waals surface area contributed by atoms with Crippen LogP contribution >= 0.6 is 11.8 Å². The van der Waals surface area contributed by atoms with Crippen molar-refractivity contribution < 1.29 is 23.3 Å². The first-order chi connectivity index (χ1) is 29.2. The minimum Gasteiger partial charge on any atom is -0.453 e. The van der Waals surface area contributed by atoms with Gasteiger partial charge in [-0.3, -0.25) is 13.8 Å². The van der Waals surface area contributed by atoms with Gasteiger partial charge in [-0.05, 0) is 52.5 Å². The summed E-state index contributed by atoms with van der Waals surface area (Å²) in [6.07, 6.45) is 8.29. The molecule has 8 rings (SSSR count). The molecule has 2 saturated heterocycles. The molecule has 0 saturated carbocycles. The maximum absolute atomic E-state index is 14.1. The number of nitrogens with zero attached hydrogens (tertiary/aromatic N) is 4. The van der Waals surface area contributed by atoms with Crippen molar-refractivity contribution in [2.75, 3.05) is 32.7 Å². The Kier molecular flexibility index (Phi) is 12.3. The van der Waals surface area contributed by atoms with E-state index in [4.69, 9.17) is 14.7 Å². The molecule has 2 aromatic heterocycles. The van der Waals surface area contributed by atoms with Gasteiger partial charge in [-0.1, -0.05) is 109 Å². The number of imidazole rings is 2. The third-order valence-electron chi connectivity index (χ3n) is 11.5. The van der Waals surface area contributed by atoms with Crippen LogP contribution in [0.1, 0.15) is 53.7 Å². The molecule has 4 heterocycles. The van der Waals surface area contributed by atoms with E-state index < -0.39 is 22.9 Å². The molecule has 12 nitrogen and oxygen atoms in total. The van der Waals surface area contributed by atoms with E-state index in [2.05, 4.69) is 63.8 Å². The van der Waals surface area contributed by atoms with Crippen molar-refractivity contribution in [1.29, 1.82) is 0 Å². The monoisotopic (exact) mass is 841 g/mol. The van der Waals surface area contributed by atoms with Crippen LogP contribution in [0.25, 0.3) is 33.6 Å². The van der Waals surface area contributed by atoms with E-state index in [1.54, 1.807) is 30.4 Å². The van der Waals surface area contributed by atoms with Crippen molar-refractivity contribution in [2.24, 2.45) is 0 Å². The first-order valence-electron chi connectivity index (χ1n) is 19.9. The second-order valence-electron chi connectivity index (χ2n) is 15.2. The number of ether oxygens (including phenoxy) is 1. The molecule has 14 heteroatoms. The number of aromatic amines is 2. The largest absolute Gasteiger partial charge is 0.453 e. The predicted molar refractivity (Wildman–Crippen MR) is 235 cm³/mol. The highest BCUT2D eigenvalue weighted by Crippen LogP contribution is 2.39. The van der Waals surface area contributed by atoms with E-state index in [0.29, 0.717) is 36.7 Å². The summed E-state index contributed by atoms with van der Waals surface area (Å²) in [4.78, 5) is 60.0. The van der Waals surface area contributed by atoms with Crippen molar-refractivity contribution in [3.8, 4) is 33.6 Å². The Morgan fingerprint density at radius 1 is 0.767 bits per heavy atom. The molecule has 2 aliphatic heterocycles. The molecule has 2 aliphatic rings. The summed E-state index contributed by atoms with van der Waals surface area (Å²) in [5, 5.41) is 2.84. The van der Waals surface area contributed by atoms with Crippen LogP contribution in [0.4, 0.5) is 4.79 Å². The predicted octanol–water partition coefficient (Wildman–Crippen LogP) is 7.50. The summed E-state index contributed by atoms with van der Waals surface area (Å²) in [5.74, 6) is 1.18. The summed E-state index contributed by atoms with van der Waals surface area (Å²) in [6.45, 7) is 0.969. The van der Waals surface area contributed by atoms with Gasteiger partial charge in [0.25, 0.3) is 5.91 Å². The number of thioether (sulfide) groups is 1. The quantitative estimate of drug-likeness (QED) is 0.115. The van der Waals surface area contributed by atoms with E-state index >= 15 is 0 Å². The van der Waals surface area contributed by atoms with Crippen molar-refractivity contribution in [3.63, 3.8) is 0 Å². The Morgan fingerprint density at radius 2 is 1.30 bits per heavy atom. The van der Waals surface area contributed by atoms with Crippen molar-refractivity contribution in [2.45, 2.75) is 47.9 Å². The van der Waals surface area contributed by atoms with E-state index in [1.165, 1.54) is 7.11 Å². The van der Waals surface area contributed by atoms with Gasteiger partial charge in [0.05, 0.1) is 54.6 Å². The number of alkyl carbamates (subject to hydrolysis) is 1. The molecule has 3 N–H and O–H groups in total. The highest BCUT2D eigenvalue weighted by Gasteiger charge is 2.41. The number of nitrogens with one attached hydrogen (secondary N) is 3. The van der Waals surface area contributed by atoms with Crippen molar-refractivity contribution >= 4 is 40.5 Å². The molecule has 308 valence electrons. The van der Waals surface area contributed by atoms with Crippen LogP contribution in [-0.4, -0.2) is 95.1 Å². The van der Waals surface area contributed by atoms with Crippen LogP contribution in [0, 0.1) is 0 Å². The van der Waals surface area contributed by atoms with Gasteiger partial charge < -0.3 is 29.8 Å². The second-order valence-corrected chi connectivity index (χ2v) is 18.0. The van der Waals surface area contributed by atoms with Crippen molar-refractivity contribution in [3.05, 3.63) is 144 Å². The van der Waals surface area contributed by atoms with Gasteiger partial charge in [0.2, 0.25) is 5.91 Å². The fourth-order valence-electron chi connectivity index (χ4n) is 8.18. The summed E-state index contributed by atoms with van der Waals surface area (Å²) >= 11 is 1.71. The van der Waals surface area contributed by atoms with Crippen LogP contribution in [0.2, 0.25) is 0 Å². The third kappa shape index (κ3) is 8.80. The number of aromatic nitrogens is 4. The molecule has 2 fully saturated rings. The number of hydrogen-bond donors (Lipinski definition) is 3. The Bertz CT molecular complexity index is 2460. The van der Waals surface area contributed by atoms with Gasteiger partial charge in [0.1, 0.15) is 17.7 Å². The summed E-state index contributed by atoms with van der Waals surface area (Å²) in [7, 11) is 0.221. The maximum atomic E-state index is 14.1. The zero-order valence-electron chi connectivity index (χ0n) is 33.6. The molecule has 1 unspecified atom stereocenters. The summed E-state index contributed by atoms with van der Waals surface area (Å²) < 4.78 is 17.4. The smallest absolute Gasteiger partial charge is 0.407 e. The van der Waals surface area contributed by atoms with Gasteiger partial charge in [0, 0.05) is 35.4 Å². The van der Waals surface area contributed by atoms with Gasteiger partial charge in [0.15, 0.2) is 0 Å². The molecule has 4 aromatic carbocycles. The van der Waals surface area contributed by atoms with Crippen LogP contribution < -0.4 is 5.32 Å². The van der Waals surface area contributed by atoms with Crippen molar-refractivity contribution in [1.82, 2.24) is 35.1 Å². The van der Waals surface area contributed by atoms with Crippen LogP contribution in [-0.2, 0) is 31.5 Å². The molecule has 6 atom stereocenters. The topological polar surface area (TPSA) is 153 Å². The van der Waals surface area contributed by atoms with E-state index in [9.17, 15) is 18.6 Å². The number of rotatable bonds is 12. The standard InChI is InChI=1S/C46H47N7O5S2/c1-58-46(56)51-42(34-12-8-5-9-13-34)45(55)53-27-35(59-2)23-39(53)43-47-25-37(49-43)32-18-14-30(15-19-32)31-16-20-33(21-17-31)38-26-48-44(50-38)40-24-36(60(3)57)28-52(40)41(54)22-29-10-6-4-7-11-29/h4-21,25-26,35-36,39-40,42H,22-24,27-28H2,1-3H3,(H,47,49)(H,48,50)(H,51,56)/t35-,36-,39-,40-,42-,60?/m0/s1. The summed E-state index contributed by atoms with van der Waals surface area (Å²) in [6, 6.07) is 33.9. The summed E-state index contributed by atoms with van der Waals surface area (Å²) in [5.41, 5.74) is 7.34. The van der Waals surface area contributed by atoms with E-state index in [-0.39, 0.29) is 40.8 Å². The second kappa shape index (κ2) is 18.1. The third-order valence-corrected chi connectivity index (χ3v) is 13.8. The first-order valence-corrected chi connectivity index (χ1v) is 22.8. The molecule has 0 bridgehead atoms. The highest BCUT2D eigenvalue weighted by atomic mass is 32.2. The number of benzene rings is 4. The molecule has 0 aliphatic carbocycles. The molecular formula is C46H47N7O5S2. The zero-order valence-corrected chi connectivity index (χ0v) is 35.2. The average Bonchev–Trinajstić information content (AvgIpc) is 4.12. The normalized spacial score (nSPS) is 19.9. The van der Waals surface area contributed by atoms with Gasteiger partial charge in [-0.15, -0.1) is 0 Å². The number of amides is 3. The van der Waals surface area contributed by atoms with Crippen LogP contribution in [0.15, 0.2) is 122 Å². The Balaban J connectivity index is 0.950. The Labute approximate surface area is 356 Å². The number of carbonyl (C=O) groups is 3. The molecule has 6 aromatic rings. The van der Waals surface area contributed by atoms with E-state index in [0.717, 1.165) is 45.6 Å². The van der Waals surface area contributed by atoms with Gasteiger partial charge >= 0.3 is 6.09 Å². The molecule has 3 amide bonds. The minimum absolute atomic E-state index is 0.000696. The Morgan fingerprint density at radius 3 is 1.83 bits per heavy atom. The average molecular weight is 842 g/mol. The molecule has 60 heavy (non-hydrogen) atoms. The number of likely N-dealkylation sites (tertiary alicyclic amines) is 2. The number of carbonyl (C=O) groups excluding carboxylic acids is 3. The first kappa shape index (κ1) is 40.8. The lowest BCUT2D eigenvalue weighted by Crippen LogP contribution is -2.43. The van der Waals surface area contributed by atoms with E-state index in [1.807, 2.05) is 76.7 Å². The lowest BCUT2D eigenvalue weighted by atomic mass is 10.0. The number of methoxy groups -OCH3 is 1. The molecule has 0 radical (unpaired) electrons. The lowest BCUT2D eigenvalue weighted by Gasteiger charge is -2.28. The fourth-order valence-corrected chi connectivity index (χ4v) is 9.69. The fraction of sp³-hybridized carbons (Fsp3) is 0.283. The molecular weight excluding hydrogens is 795 g/mol.